The highest BCUT2D eigenvalue weighted by molar-refractivity contribution is 6.31. The highest BCUT2D eigenvalue weighted by Crippen LogP contribution is 2.22. The van der Waals surface area contributed by atoms with E-state index in [1.165, 1.54) is 4.57 Å². The Balaban J connectivity index is 2.60. The number of aromatic nitrogens is 2. The smallest absolute Gasteiger partial charge is 0.256 e. The average molecular weight is 232 g/mol. The van der Waals surface area contributed by atoms with Crippen LogP contribution in [0.4, 0.5) is 14.7 Å². The number of benzene rings is 1. The van der Waals surface area contributed by atoms with Crippen molar-refractivity contribution in [2.75, 3.05) is 5.73 Å². The Morgan fingerprint density at radius 2 is 2.20 bits per heavy atom. The number of hydrogen-bond acceptors (Lipinski definition) is 2. The first-order chi connectivity index (χ1) is 7.08. The number of hydrogen-bond donors (Lipinski definition) is 1. The van der Waals surface area contributed by atoms with Gasteiger partial charge in [-0.15, -0.1) is 0 Å². The first-order valence-corrected chi connectivity index (χ1v) is 4.65. The molecule has 0 fully saturated rings. The Hall–Kier alpha value is -1.36. The number of alkyl halides is 2. The van der Waals surface area contributed by atoms with Crippen LogP contribution in [0.15, 0.2) is 18.2 Å². The highest BCUT2D eigenvalue weighted by atomic mass is 35.5. The van der Waals surface area contributed by atoms with Crippen molar-refractivity contribution in [3.05, 3.63) is 23.2 Å². The second-order valence-electron chi connectivity index (χ2n) is 3.10. The summed E-state index contributed by atoms with van der Waals surface area (Å²) < 4.78 is 25.8. The Kier molecular flexibility index (Phi) is 2.48. The van der Waals surface area contributed by atoms with Gasteiger partial charge in [-0.2, -0.15) is 0 Å². The van der Waals surface area contributed by atoms with E-state index < -0.39 is 13.0 Å². The van der Waals surface area contributed by atoms with Gasteiger partial charge in [-0.25, -0.2) is 13.8 Å². The third kappa shape index (κ3) is 1.87. The van der Waals surface area contributed by atoms with Crippen LogP contribution in [0.2, 0.25) is 5.02 Å². The molecule has 3 nitrogen and oxygen atoms in total. The number of halogens is 3. The summed E-state index contributed by atoms with van der Waals surface area (Å²) in [6.45, 7) is -0.470. The van der Waals surface area contributed by atoms with Crippen LogP contribution in [0.3, 0.4) is 0 Å². The number of nitrogen functional groups attached to an aromatic ring is 1. The molecule has 0 radical (unpaired) electrons. The van der Waals surface area contributed by atoms with Crippen molar-refractivity contribution in [1.29, 1.82) is 0 Å². The third-order valence-electron chi connectivity index (χ3n) is 2.06. The van der Waals surface area contributed by atoms with E-state index in [9.17, 15) is 8.78 Å². The summed E-state index contributed by atoms with van der Waals surface area (Å²) in [7, 11) is 0. The van der Waals surface area contributed by atoms with Gasteiger partial charge in [0.1, 0.15) is 0 Å². The highest BCUT2D eigenvalue weighted by Gasteiger charge is 2.12. The number of imidazole rings is 1. The molecule has 0 saturated heterocycles. The lowest BCUT2D eigenvalue weighted by atomic mass is 10.3. The number of rotatable bonds is 2. The second kappa shape index (κ2) is 3.66. The van der Waals surface area contributed by atoms with Crippen LogP contribution in [-0.4, -0.2) is 16.0 Å². The van der Waals surface area contributed by atoms with E-state index in [0.717, 1.165) is 0 Å². The van der Waals surface area contributed by atoms with Crippen LogP contribution in [0, 0.1) is 0 Å². The van der Waals surface area contributed by atoms with E-state index in [0.29, 0.717) is 16.1 Å². The van der Waals surface area contributed by atoms with Crippen LogP contribution in [0.25, 0.3) is 11.0 Å². The summed E-state index contributed by atoms with van der Waals surface area (Å²) in [6.07, 6.45) is -2.47. The SMILES string of the molecule is Nc1nc2ccc(Cl)cc2n1CC(F)F. The standard InChI is InChI=1S/C9H8ClF2N3/c10-5-1-2-6-7(3-5)15(4-8(11)12)9(13)14-6/h1-3,8H,4H2,(H2,13,14). The maximum Gasteiger partial charge on any atom is 0.256 e. The van der Waals surface area contributed by atoms with E-state index in [2.05, 4.69) is 4.98 Å². The number of anilines is 1. The monoisotopic (exact) mass is 231 g/mol. The van der Waals surface area contributed by atoms with Gasteiger partial charge in [-0.3, -0.25) is 0 Å². The summed E-state index contributed by atoms with van der Waals surface area (Å²) in [5.41, 5.74) is 6.62. The zero-order chi connectivity index (χ0) is 11.0. The molecule has 1 heterocycles. The Labute approximate surface area is 89.5 Å². The molecule has 0 unspecified atom stereocenters. The second-order valence-corrected chi connectivity index (χ2v) is 3.54. The minimum absolute atomic E-state index is 0.0765. The molecule has 0 aliphatic rings. The van der Waals surface area contributed by atoms with Crippen molar-refractivity contribution in [3.8, 4) is 0 Å². The molecule has 0 spiro atoms. The maximum atomic E-state index is 12.3. The molecule has 80 valence electrons. The van der Waals surface area contributed by atoms with Gasteiger partial charge in [-0.05, 0) is 18.2 Å². The predicted octanol–water partition coefficient (Wildman–Crippen LogP) is 2.54. The van der Waals surface area contributed by atoms with Crippen molar-refractivity contribution in [2.45, 2.75) is 13.0 Å². The van der Waals surface area contributed by atoms with Gasteiger partial charge in [0, 0.05) is 5.02 Å². The van der Waals surface area contributed by atoms with Crippen molar-refractivity contribution in [2.24, 2.45) is 0 Å². The Morgan fingerprint density at radius 1 is 1.47 bits per heavy atom. The molecule has 2 N–H and O–H groups in total. The zero-order valence-electron chi connectivity index (χ0n) is 7.62. The lowest BCUT2D eigenvalue weighted by Crippen LogP contribution is -2.09. The average Bonchev–Trinajstić information content (AvgIpc) is 2.43. The lowest BCUT2D eigenvalue weighted by molar-refractivity contribution is 0.128. The van der Waals surface area contributed by atoms with Gasteiger partial charge in [0.15, 0.2) is 0 Å². The molecule has 2 rings (SSSR count). The van der Waals surface area contributed by atoms with Crippen molar-refractivity contribution >= 4 is 28.6 Å². The third-order valence-corrected chi connectivity index (χ3v) is 2.30. The van der Waals surface area contributed by atoms with Gasteiger partial charge in [0.25, 0.3) is 6.43 Å². The van der Waals surface area contributed by atoms with E-state index in [-0.39, 0.29) is 5.95 Å². The normalized spacial score (nSPS) is 11.5. The fourth-order valence-electron chi connectivity index (χ4n) is 1.44. The predicted molar refractivity (Wildman–Crippen MR) is 55.2 cm³/mol. The minimum atomic E-state index is -2.47. The van der Waals surface area contributed by atoms with Crippen molar-refractivity contribution in [3.63, 3.8) is 0 Å². The molecule has 0 aliphatic carbocycles. The molecule has 0 atom stereocenters. The van der Waals surface area contributed by atoms with Crippen LogP contribution < -0.4 is 5.73 Å². The summed E-state index contributed by atoms with van der Waals surface area (Å²) in [5, 5.41) is 0.470. The molecule has 6 heteroatoms. The van der Waals surface area contributed by atoms with Gasteiger partial charge >= 0.3 is 0 Å². The molecular weight excluding hydrogens is 224 g/mol. The van der Waals surface area contributed by atoms with Crippen LogP contribution in [-0.2, 0) is 6.54 Å². The van der Waals surface area contributed by atoms with Gasteiger partial charge in [-0.1, -0.05) is 11.6 Å². The fourth-order valence-corrected chi connectivity index (χ4v) is 1.61. The van der Waals surface area contributed by atoms with E-state index in [4.69, 9.17) is 17.3 Å². The first-order valence-electron chi connectivity index (χ1n) is 4.27. The first kappa shape index (κ1) is 10.2. The summed E-state index contributed by atoms with van der Waals surface area (Å²) in [6, 6.07) is 4.86. The number of fused-ring (bicyclic) bond motifs is 1. The minimum Gasteiger partial charge on any atom is -0.369 e. The van der Waals surface area contributed by atoms with Crippen LogP contribution >= 0.6 is 11.6 Å². The molecule has 0 bridgehead atoms. The number of nitrogens with two attached hydrogens (primary N) is 1. The van der Waals surface area contributed by atoms with E-state index in [1.54, 1.807) is 18.2 Å². The molecule has 2 aromatic rings. The van der Waals surface area contributed by atoms with Gasteiger partial charge in [0.05, 0.1) is 17.6 Å². The molecule has 15 heavy (non-hydrogen) atoms. The molecule has 0 saturated carbocycles. The molecule has 0 amide bonds. The van der Waals surface area contributed by atoms with Crippen molar-refractivity contribution < 1.29 is 8.78 Å². The van der Waals surface area contributed by atoms with Crippen LogP contribution in [0.5, 0.6) is 0 Å². The van der Waals surface area contributed by atoms with Crippen molar-refractivity contribution in [1.82, 2.24) is 9.55 Å². The van der Waals surface area contributed by atoms with Crippen LogP contribution in [0.1, 0.15) is 0 Å². The summed E-state index contributed by atoms with van der Waals surface area (Å²) >= 11 is 5.77. The van der Waals surface area contributed by atoms with Gasteiger partial charge < -0.3 is 10.3 Å². The lowest BCUT2D eigenvalue weighted by Gasteiger charge is -2.04. The molecule has 1 aromatic carbocycles. The molecular formula is C9H8ClF2N3. The fraction of sp³-hybridized carbons (Fsp3) is 0.222. The van der Waals surface area contributed by atoms with E-state index in [1.807, 2.05) is 0 Å². The quantitative estimate of drug-likeness (QED) is 0.863. The Morgan fingerprint density at radius 3 is 2.87 bits per heavy atom. The molecule has 1 aromatic heterocycles. The summed E-state index contributed by atoms with van der Waals surface area (Å²) in [4.78, 5) is 3.96. The largest absolute Gasteiger partial charge is 0.369 e. The topological polar surface area (TPSA) is 43.8 Å². The molecule has 0 aliphatic heterocycles. The van der Waals surface area contributed by atoms with E-state index >= 15 is 0 Å². The van der Waals surface area contributed by atoms with Gasteiger partial charge in [0.2, 0.25) is 5.95 Å². The maximum absolute atomic E-state index is 12.3. The zero-order valence-corrected chi connectivity index (χ0v) is 8.38. The summed E-state index contributed by atoms with van der Waals surface area (Å²) in [5.74, 6) is 0.0765. The number of nitrogens with zero attached hydrogens (tertiary/aromatic N) is 2. The Bertz CT molecular complexity index is 495.